The van der Waals surface area contributed by atoms with Gasteiger partial charge in [0.2, 0.25) is 0 Å². The van der Waals surface area contributed by atoms with E-state index >= 15 is 0 Å². The van der Waals surface area contributed by atoms with Crippen LogP contribution in [-0.2, 0) is 9.59 Å². The van der Waals surface area contributed by atoms with Gasteiger partial charge in [0.05, 0.1) is 0 Å². The molecule has 4 heteroatoms. The summed E-state index contributed by atoms with van der Waals surface area (Å²) in [4.78, 5) is 24.4. The van der Waals surface area contributed by atoms with Crippen molar-refractivity contribution in [3.05, 3.63) is 11.6 Å². The maximum atomic E-state index is 12.4. The van der Waals surface area contributed by atoms with Crippen LogP contribution in [0.3, 0.4) is 0 Å². The quantitative estimate of drug-likeness (QED) is 0.794. The molecule has 4 aliphatic rings. The Morgan fingerprint density at radius 2 is 1.88 bits per heavy atom. The van der Waals surface area contributed by atoms with Crippen molar-refractivity contribution in [2.45, 2.75) is 71.3 Å². The van der Waals surface area contributed by atoms with Gasteiger partial charge in [-0.1, -0.05) is 26.3 Å². The highest BCUT2D eigenvalue weighted by Gasteiger charge is 2.66. The summed E-state index contributed by atoms with van der Waals surface area (Å²) >= 11 is 0. The van der Waals surface area contributed by atoms with Crippen LogP contribution < -0.4 is 0 Å². The zero-order chi connectivity index (χ0) is 18.9. The topological polar surface area (TPSA) is 74.6 Å². The van der Waals surface area contributed by atoms with E-state index in [9.17, 15) is 19.8 Å². The number of rotatable bonds is 2. The van der Waals surface area contributed by atoms with E-state index in [0.717, 1.165) is 32.1 Å². The van der Waals surface area contributed by atoms with E-state index < -0.39 is 23.4 Å². The molecule has 3 saturated carbocycles. The van der Waals surface area contributed by atoms with E-state index in [1.807, 2.05) is 6.08 Å². The Bertz CT molecular complexity index is 682. The number of hydrogen-bond donors (Lipinski definition) is 2. The van der Waals surface area contributed by atoms with Crippen molar-refractivity contribution in [3.63, 3.8) is 0 Å². The van der Waals surface area contributed by atoms with Crippen LogP contribution in [0, 0.1) is 34.5 Å². The highest BCUT2D eigenvalue weighted by atomic mass is 16.3. The van der Waals surface area contributed by atoms with E-state index in [2.05, 4.69) is 20.8 Å². The number of ketones is 2. The van der Waals surface area contributed by atoms with Crippen molar-refractivity contribution in [1.82, 2.24) is 0 Å². The van der Waals surface area contributed by atoms with Crippen LogP contribution in [0.5, 0.6) is 0 Å². The van der Waals surface area contributed by atoms with Crippen LogP contribution in [-0.4, -0.2) is 34.0 Å². The minimum atomic E-state index is -1.37. The lowest BCUT2D eigenvalue weighted by molar-refractivity contribution is -0.165. The Labute approximate surface area is 156 Å². The summed E-state index contributed by atoms with van der Waals surface area (Å²) in [5.41, 5.74) is -0.381. The second kappa shape index (κ2) is 5.75. The maximum Gasteiger partial charge on any atom is 0.190 e. The summed E-state index contributed by atoms with van der Waals surface area (Å²) in [5, 5.41) is 20.6. The van der Waals surface area contributed by atoms with E-state index in [1.165, 1.54) is 5.57 Å². The fourth-order valence-corrected chi connectivity index (χ4v) is 7.59. The number of carbonyl (C=O) groups is 2. The van der Waals surface area contributed by atoms with Crippen molar-refractivity contribution < 1.29 is 19.8 Å². The van der Waals surface area contributed by atoms with Gasteiger partial charge >= 0.3 is 0 Å². The number of hydrogen-bond acceptors (Lipinski definition) is 4. The molecule has 0 aliphatic heterocycles. The van der Waals surface area contributed by atoms with Crippen molar-refractivity contribution in [2.75, 3.05) is 6.61 Å². The van der Waals surface area contributed by atoms with E-state index in [4.69, 9.17) is 0 Å². The molecule has 26 heavy (non-hydrogen) atoms. The molecule has 4 nitrogen and oxygen atoms in total. The average Bonchev–Trinajstić information content (AvgIpc) is 2.88. The molecule has 0 heterocycles. The van der Waals surface area contributed by atoms with Gasteiger partial charge < -0.3 is 10.2 Å². The van der Waals surface area contributed by atoms with Gasteiger partial charge in [0.25, 0.3) is 0 Å². The number of allylic oxidation sites excluding steroid dienone is 1. The SMILES string of the molecule is CC1C[C@@H]2[C@H](CC[C@@]3(C)[C@H]2CC[C@]3(O)C(=O)CO)[C@@]2(C)CCC(=O)C=C12. The lowest BCUT2D eigenvalue weighted by Gasteiger charge is -2.60. The Kier molecular flexibility index (Phi) is 4.06. The van der Waals surface area contributed by atoms with Gasteiger partial charge in [0, 0.05) is 11.8 Å². The Morgan fingerprint density at radius 3 is 2.58 bits per heavy atom. The number of fused-ring (bicyclic) bond motifs is 5. The zero-order valence-electron chi connectivity index (χ0n) is 16.3. The standard InChI is InChI=1S/C22H32O4/c1-13-10-15-16(20(2)7-4-14(24)11-18(13)20)5-8-21(3)17(15)6-9-22(21,26)19(25)12-23/h11,13,15-17,23,26H,4-10,12H2,1-3H3/t13?,15-,16+,17+,20-,21+,22+/m1/s1. The molecule has 2 N–H and O–H groups in total. The summed E-state index contributed by atoms with van der Waals surface area (Å²) in [7, 11) is 0. The normalized spacial score (nSPS) is 50.5. The molecule has 0 aromatic carbocycles. The highest BCUT2D eigenvalue weighted by Crippen LogP contribution is 2.68. The fourth-order valence-electron chi connectivity index (χ4n) is 7.59. The zero-order valence-corrected chi connectivity index (χ0v) is 16.3. The largest absolute Gasteiger partial charge is 0.388 e. The lowest BCUT2D eigenvalue weighted by Crippen LogP contribution is -2.58. The Morgan fingerprint density at radius 1 is 1.19 bits per heavy atom. The van der Waals surface area contributed by atoms with Crippen LogP contribution in [0.15, 0.2) is 11.6 Å². The predicted molar refractivity (Wildman–Crippen MR) is 98.3 cm³/mol. The minimum absolute atomic E-state index is 0.0826. The summed E-state index contributed by atoms with van der Waals surface area (Å²) < 4.78 is 0. The van der Waals surface area contributed by atoms with Crippen LogP contribution in [0.1, 0.15) is 65.7 Å². The van der Waals surface area contributed by atoms with Crippen molar-refractivity contribution in [1.29, 1.82) is 0 Å². The molecule has 144 valence electrons. The molecule has 4 aliphatic carbocycles. The summed E-state index contributed by atoms with van der Waals surface area (Å²) in [5.74, 6) is 1.59. The van der Waals surface area contributed by atoms with Gasteiger partial charge in [0.15, 0.2) is 11.6 Å². The van der Waals surface area contributed by atoms with E-state index in [-0.39, 0.29) is 11.2 Å². The van der Waals surface area contributed by atoms with Gasteiger partial charge in [-0.25, -0.2) is 0 Å². The van der Waals surface area contributed by atoms with Gasteiger partial charge in [-0.15, -0.1) is 0 Å². The van der Waals surface area contributed by atoms with Crippen molar-refractivity contribution in [2.24, 2.45) is 34.5 Å². The van der Waals surface area contributed by atoms with Crippen molar-refractivity contribution in [3.8, 4) is 0 Å². The first-order chi connectivity index (χ1) is 12.2. The molecule has 0 saturated heterocycles. The molecule has 0 radical (unpaired) electrons. The van der Waals surface area contributed by atoms with Gasteiger partial charge in [-0.3, -0.25) is 9.59 Å². The molecule has 0 aromatic heterocycles. The van der Waals surface area contributed by atoms with Gasteiger partial charge in [-0.05, 0) is 73.7 Å². The smallest absolute Gasteiger partial charge is 0.190 e. The molecule has 3 fully saturated rings. The second-order valence-electron chi connectivity index (χ2n) is 9.93. The number of aliphatic hydroxyl groups excluding tert-OH is 1. The molecule has 0 bridgehead atoms. The molecular formula is C22H32O4. The lowest BCUT2D eigenvalue weighted by atomic mass is 9.44. The van der Waals surface area contributed by atoms with Gasteiger partial charge in [0.1, 0.15) is 12.2 Å². The molecular weight excluding hydrogens is 328 g/mol. The van der Waals surface area contributed by atoms with Crippen LogP contribution in [0.25, 0.3) is 0 Å². The molecule has 7 atom stereocenters. The number of carbonyl (C=O) groups excluding carboxylic acids is 2. The third kappa shape index (κ3) is 2.15. The second-order valence-corrected chi connectivity index (χ2v) is 9.93. The first-order valence-corrected chi connectivity index (χ1v) is 10.3. The molecule has 0 aromatic rings. The summed E-state index contributed by atoms with van der Waals surface area (Å²) in [6, 6.07) is 0. The Hall–Kier alpha value is -1.00. The van der Waals surface area contributed by atoms with E-state index in [0.29, 0.717) is 36.5 Å². The van der Waals surface area contributed by atoms with Crippen molar-refractivity contribution >= 4 is 11.6 Å². The Balaban J connectivity index is 1.72. The summed E-state index contributed by atoms with van der Waals surface area (Å²) in [6.07, 6.45) is 7.71. The number of Topliss-reactive ketones (excluding diaryl/α,β-unsaturated/α-hetero) is 1. The molecule has 0 spiro atoms. The number of aliphatic hydroxyl groups is 2. The summed E-state index contributed by atoms with van der Waals surface area (Å²) in [6.45, 7) is 6.10. The molecule has 4 rings (SSSR count). The van der Waals surface area contributed by atoms with Crippen LogP contribution in [0.4, 0.5) is 0 Å². The minimum Gasteiger partial charge on any atom is -0.388 e. The highest BCUT2D eigenvalue weighted by molar-refractivity contribution is 5.92. The average molecular weight is 360 g/mol. The third-order valence-corrected chi connectivity index (χ3v) is 9.04. The first kappa shape index (κ1) is 18.4. The predicted octanol–water partition coefficient (Wildman–Crippen LogP) is 3.06. The van der Waals surface area contributed by atoms with Crippen LogP contribution in [0.2, 0.25) is 0 Å². The maximum absolute atomic E-state index is 12.4. The fraction of sp³-hybridized carbons (Fsp3) is 0.818. The monoisotopic (exact) mass is 360 g/mol. The van der Waals surface area contributed by atoms with Gasteiger partial charge in [-0.2, -0.15) is 0 Å². The molecule has 1 unspecified atom stereocenters. The third-order valence-electron chi connectivity index (χ3n) is 9.04. The van der Waals surface area contributed by atoms with Crippen LogP contribution >= 0.6 is 0 Å². The first-order valence-electron chi connectivity index (χ1n) is 10.3. The van der Waals surface area contributed by atoms with E-state index in [1.54, 1.807) is 0 Å². The molecule has 0 amide bonds.